The minimum absolute atomic E-state index is 0. The minimum Gasteiger partial charge on any atom is -1.00 e. The van der Waals surface area contributed by atoms with Crippen molar-refractivity contribution in [3.05, 3.63) is 93.9 Å². The fourth-order valence-electron chi connectivity index (χ4n) is 4.07. The molecule has 0 spiro atoms. The van der Waals surface area contributed by atoms with Crippen molar-refractivity contribution < 1.29 is 41.7 Å². The summed E-state index contributed by atoms with van der Waals surface area (Å²) in [7, 11) is 0. The Morgan fingerprint density at radius 1 is 0.786 bits per heavy atom. The van der Waals surface area contributed by atoms with Gasteiger partial charge in [-0.15, -0.1) is 0 Å². The molecule has 4 rings (SSSR count). The van der Waals surface area contributed by atoms with Crippen LogP contribution in [-0.4, -0.2) is 9.47 Å². The average Bonchev–Trinajstić information content (AvgIpc) is 3.25. The van der Waals surface area contributed by atoms with Gasteiger partial charge in [-0.05, 0) is 0 Å². The SMILES string of the molecule is C1=CC[C]([Ti+2]([PH]C2CCCCC2)=[C](c2ccccc2)c2ccccc2)=C1.[Cl-].[Cl-]. The number of hydrogen-bond donors (Lipinski definition) is 0. The topological polar surface area (TPSA) is 0 Å². The van der Waals surface area contributed by atoms with Gasteiger partial charge in [-0.3, -0.25) is 0 Å². The van der Waals surface area contributed by atoms with Gasteiger partial charge >= 0.3 is 165 Å². The molecule has 0 aromatic heterocycles. The van der Waals surface area contributed by atoms with Gasteiger partial charge in [0, 0.05) is 0 Å². The maximum absolute atomic E-state index is 2.46. The third-order valence-corrected chi connectivity index (χ3v) is 15.6. The first-order chi connectivity index (χ1) is 12.9. The smallest absolute Gasteiger partial charge is 1.00 e. The molecule has 1 fully saturated rings. The fourth-order valence-corrected chi connectivity index (χ4v) is 15.1. The van der Waals surface area contributed by atoms with Gasteiger partial charge < -0.3 is 24.8 Å². The summed E-state index contributed by atoms with van der Waals surface area (Å²) >= 11 is -1.53. The van der Waals surface area contributed by atoms with E-state index in [1.165, 1.54) is 49.7 Å². The zero-order chi connectivity index (χ0) is 17.6. The van der Waals surface area contributed by atoms with Crippen LogP contribution in [-0.2, 0) is 16.9 Å². The van der Waals surface area contributed by atoms with E-state index in [2.05, 4.69) is 78.9 Å². The minimum atomic E-state index is -1.53. The van der Waals surface area contributed by atoms with Gasteiger partial charge in [0.25, 0.3) is 0 Å². The molecule has 1 atom stereocenters. The van der Waals surface area contributed by atoms with Gasteiger partial charge in [0.1, 0.15) is 0 Å². The number of benzene rings is 2. The van der Waals surface area contributed by atoms with Crippen LogP contribution in [0.3, 0.4) is 0 Å². The molecule has 0 nitrogen and oxygen atoms in total. The molecule has 0 N–H and O–H groups in total. The first kappa shape index (κ1) is 23.8. The Hall–Kier alpha value is -0.486. The first-order valence-electron chi connectivity index (χ1n) is 9.89. The number of allylic oxidation sites excluding steroid dienone is 4. The molecule has 28 heavy (non-hydrogen) atoms. The second kappa shape index (κ2) is 12.3. The molecule has 0 aliphatic heterocycles. The predicted molar refractivity (Wildman–Crippen MR) is 113 cm³/mol. The second-order valence-electron chi connectivity index (χ2n) is 7.29. The summed E-state index contributed by atoms with van der Waals surface area (Å²) in [5, 5.41) is 0. The molecule has 1 unspecified atom stereocenters. The number of hydrogen-bond acceptors (Lipinski definition) is 0. The van der Waals surface area contributed by atoms with Crippen LogP contribution < -0.4 is 24.8 Å². The molecule has 146 valence electrons. The zero-order valence-electron chi connectivity index (χ0n) is 16.1. The van der Waals surface area contributed by atoms with E-state index in [1.54, 1.807) is 7.69 Å². The summed E-state index contributed by atoms with van der Waals surface area (Å²) < 4.78 is 3.47. The third kappa shape index (κ3) is 6.01. The molecule has 0 radical (unpaired) electrons. The van der Waals surface area contributed by atoms with Crippen molar-refractivity contribution in [3.63, 3.8) is 0 Å². The molecular weight excluding hydrogens is 438 g/mol. The van der Waals surface area contributed by atoms with Crippen molar-refractivity contribution in [1.82, 2.24) is 0 Å². The van der Waals surface area contributed by atoms with Crippen LogP contribution in [0.25, 0.3) is 0 Å². The van der Waals surface area contributed by atoms with Crippen LogP contribution in [0.1, 0.15) is 49.7 Å². The van der Waals surface area contributed by atoms with Crippen LogP contribution in [0.4, 0.5) is 0 Å². The van der Waals surface area contributed by atoms with Gasteiger partial charge in [-0.2, -0.15) is 0 Å². The van der Waals surface area contributed by atoms with Crippen molar-refractivity contribution in [2.45, 2.75) is 44.2 Å². The Balaban J connectivity index is 0.00000140. The van der Waals surface area contributed by atoms with Crippen LogP contribution in [0.15, 0.2) is 82.8 Å². The Bertz CT molecular complexity index is 781. The van der Waals surface area contributed by atoms with Crippen LogP contribution in [0.2, 0.25) is 0 Å². The number of halogens is 2. The summed E-state index contributed by atoms with van der Waals surface area (Å²) in [5.74, 6) is 0. The molecule has 2 aromatic rings. The zero-order valence-corrected chi connectivity index (χ0v) is 20.2. The van der Waals surface area contributed by atoms with Crippen LogP contribution in [0, 0.1) is 0 Å². The van der Waals surface area contributed by atoms with E-state index >= 15 is 0 Å². The van der Waals surface area contributed by atoms with Crippen LogP contribution >= 0.6 is 6.57 Å². The van der Waals surface area contributed by atoms with E-state index in [0.29, 0.717) is 0 Å². The molecule has 2 aliphatic rings. The van der Waals surface area contributed by atoms with Gasteiger partial charge in [-0.1, -0.05) is 0 Å². The molecular formula is C24H27Cl2PTi. The Labute approximate surface area is 189 Å². The third-order valence-electron chi connectivity index (χ3n) is 5.42. The van der Waals surface area contributed by atoms with Crippen molar-refractivity contribution >= 4 is 10.4 Å². The molecule has 0 saturated heterocycles. The molecule has 0 bridgehead atoms. The van der Waals surface area contributed by atoms with Gasteiger partial charge in [-0.25, -0.2) is 0 Å². The molecule has 0 amide bonds. The molecule has 2 aliphatic carbocycles. The normalized spacial score (nSPS) is 16.0. The van der Waals surface area contributed by atoms with E-state index < -0.39 is 16.9 Å². The fraction of sp³-hybridized carbons (Fsp3) is 0.292. The Morgan fingerprint density at radius 3 is 1.86 bits per heavy atom. The summed E-state index contributed by atoms with van der Waals surface area (Å²) in [5.41, 5.74) is 3.90. The second-order valence-corrected chi connectivity index (χ2v) is 14.8. The standard InChI is InChI=1S/C13H10.C6H12P.C5H5.2ClH.Ti/c1-3-7-12(8-4-1)11-13-9-5-2-6-10-13;7-6-4-2-1-3-5-6;1-2-4-5-3-1;;;/h1-10H;6-7H,1-5H2;1-3H,4H2;2*1H;/q;-1;;;;+3/p-2. The predicted octanol–water partition coefficient (Wildman–Crippen LogP) is 0.652. The first-order valence-corrected chi connectivity index (χ1v) is 14.9. The summed E-state index contributed by atoms with van der Waals surface area (Å²) in [6, 6.07) is 22.5. The van der Waals surface area contributed by atoms with Crippen LogP contribution in [0.5, 0.6) is 0 Å². The summed E-state index contributed by atoms with van der Waals surface area (Å²) in [4.78, 5) is 0. The summed E-state index contributed by atoms with van der Waals surface area (Å²) in [6.45, 7) is 1.16. The number of rotatable bonds is 5. The van der Waals surface area contributed by atoms with Crippen molar-refractivity contribution in [2.75, 3.05) is 0 Å². The Kier molecular flexibility index (Phi) is 10.4. The molecule has 2 aromatic carbocycles. The quantitative estimate of drug-likeness (QED) is 0.450. The van der Waals surface area contributed by atoms with Crippen molar-refractivity contribution in [3.8, 4) is 0 Å². The van der Waals surface area contributed by atoms with Gasteiger partial charge in [0.05, 0.1) is 0 Å². The van der Waals surface area contributed by atoms with E-state index in [1.807, 2.05) is 0 Å². The maximum Gasteiger partial charge on any atom is -1.00 e. The average molecular weight is 465 g/mol. The monoisotopic (exact) mass is 464 g/mol. The molecule has 1 saturated carbocycles. The van der Waals surface area contributed by atoms with E-state index in [0.717, 1.165) is 12.2 Å². The van der Waals surface area contributed by atoms with Crippen molar-refractivity contribution in [2.24, 2.45) is 0 Å². The Morgan fingerprint density at radius 2 is 1.36 bits per heavy atom. The summed E-state index contributed by atoms with van der Waals surface area (Å²) in [6.07, 6.45) is 15.6. The van der Waals surface area contributed by atoms with E-state index in [4.69, 9.17) is 0 Å². The van der Waals surface area contributed by atoms with E-state index in [-0.39, 0.29) is 24.8 Å². The van der Waals surface area contributed by atoms with Crippen molar-refractivity contribution in [1.29, 1.82) is 0 Å². The van der Waals surface area contributed by atoms with Gasteiger partial charge in [0.15, 0.2) is 0 Å². The molecule has 4 heteroatoms. The van der Waals surface area contributed by atoms with E-state index in [9.17, 15) is 0 Å². The maximum atomic E-state index is 2.46. The molecule has 0 heterocycles. The largest absolute Gasteiger partial charge is 1.00 e. The van der Waals surface area contributed by atoms with Gasteiger partial charge in [0.2, 0.25) is 0 Å².